The molecule has 1 aromatic carbocycles. The summed E-state index contributed by atoms with van der Waals surface area (Å²) in [5, 5.41) is 11.3. The molecule has 2 aromatic rings. The molecule has 0 unspecified atom stereocenters. The van der Waals surface area contributed by atoms with Crippen LogP contribution in [0.3, 0.4) is 0 Å². The Balaban J connectivity index is 0.00000420. The molecule has 0 atom stereocenters. The quantitative estimate of drug-likeness (QED) is 0.307. The van der Waals surface area contributed by atoms with Crippen molar-refractivity contribution in [3.8, 4) is 0 Å². The fourth-order valence-electron chi connectivity index (χ4n) is 3.40. The van der Waals surface area contributed by atoms with E-state index in [0.29, 0.717) is 0 Å². The zero-order valence-corrected chi connectivity index (χ0v) is 21.1. The number of hydrogen-bond donors (Lipinski definition) is 2. The summed E-state index contributed by atoms with van der Waals surface area (Å²) in [5.74, 6) is 0.877. The molecule has 6 nitrogen and oxygen atoms in total. The minimum atomic E-state index is 0. The van der Waals surface area contributed by atoms with Gasteiger partial charge in [0.05, 0.1) is 5.69 Å². The maximum atomic E-state index is 4.75. The largest absolute Gasteiger partial charge is 0.370 e. The van der Waals surface area contributed by atoms with Crippen LogP contribution in [-0.4, -0.2) is 48.5 Å². The van der Waals surface area contributed by atoms with Gasteiger partial charge in [-0.2, -0.15) is 5.10 Å². The van der Waals surface area contributed by atoms with Crippen molar-refractivity contribution in [1.82, 2.24) is 20.4 Å². The number of rotatable bonds is 9. The molecule has 0 spiro atoms. The molecule has 0 aliphatic carbocycles. The molecule has 162 valence electrons. The van der Waals surface area contributed by atoms with E-state index in [2.05, 4.69) is 79.5 Å². The summed E-state index contributed by atoms with van der Waals surface area (Å²) in [4.78, 5) is 7.13. The Morgan fingerprint density at radius 3 is 2.52 bits per heavy atom. The van der Waals surface area contributed by atoms with Crippen LogP contribution in [0.25, 0.3) is 0 Å². The molecule has 7 heteroatoms. The number of guanidine groups is 1. The van der Waals surface area contributed by atoms with E-state index in [1.165, 1.54) is 22.5 Å². The molecule has 1 heterocycles. The van der Waals surface area contributed by atoms with E-state index in [9.17, 15) is 0 Å². The van der Waals surface area contributed by atoms with Crippen molar-refractivity contribution in [3.63, 3.8) is 0 Å². The van der Waals surface area contributed by atoms with E-state index >= 15 is 0 Å². The molecule has 0 amide bonds. The Hall–Kier alpha value is -1.77. The van der Waals surface area contributed by atoms with Crippen LogP contribution >= 0.6 is 24.0 Å². The first-order valence-corrected chi connectivity index (χ1v) is 10.3. The van der Waals surface area contributed by atoms with Gasteiger partial charge in [0.1, 0.15) is 0 Å². The van der Waals surface area contributed by atoms with Crippen LogP contribution in [0, 0.1) is 20.8 Å². The number of hydrogen-bond acceptors (Lipinski definition) is 3. The van der Waals surface area contributed by atoms with Crippen LogP contribution in [-0.2, 0) is 13.5 Å². The molecule has 29 heavy (non-hydrogen) atoms. The summed E-state index contributed by atoms with van der Waals surface area (Å²) in [5.41, 5.74) is 6.19. The number of benzene rings is 1. The van der Waals surface area contributed by atoms with Gasteiger partial charge in [-0.1, -0.05) is 12.1 Å². The van der Waals surface area contributed by atoms with E-state index in [0.717, 1.165) is 50.8 Å². The zero-order chi connectivity index (χ0) is 20.5. The molecule has 0 radical (unpaired) electrons. The van der Waals surface area contributed by atoms with Gasteiger partial charge in [-0.3, -0.25) is 9.67 Å². The van der Waals surface area contributed by atoms with Gasteiger partial charge in [0.2, 0.25) is 0 Å². The summed E-state index contributed by atoms with van der Waals surface area (Å²) < 4.78 is 1.95. The fourth-order valence-corrected chi connectivity index (χ4v) is 3.40. The monoisotopic (exact) mass is 512 g/mol. The molecule has 0 bridgehead atoms. The maximum absolute atomic E-state index is 4.75. The molecular formula is C22H37IN6. The number of aliphatic imine (C=N–C) groups is 1. The average Bonchev–Trinajstić information content (AvgIpc) is 2.91. The highest BCUT2D eigenvalue weighted by Gasteiger charge is 2.09. The summed E-state index contributed by atoms with van der Waals surface area (Å²) in [6.45, 7) is 15.0. The second-order valence-electron chi connectivity index (χ2n) is 7.13. The normalized spacial score (nSPS) is 11.2. The number of anilines is 1. The van der Waals surface area contributed by atoms with Gasteiger partial charge < -0.3 is 15.5 Å². The van der Waals surface area contributed by atoms with Crippen molar-refractivity contribution in [2.45, 2.75) is 41.0 Å². The number of aromatic nitrogens is 2. The molecule has 2 rings (SSSR count). The summed E-state index contributed by atoms with van der Waals surface area (Å²) in [6.07, 6.45) is 0.909. The summed E-state index contributed by atoms with van der Waals surface area (Å²) in [6, 6.07) is 8.67. The van der Waals surface area contributed by atoms with Crippen LogP contribution in [0.2, 0.25) is 0 Å². The zero-order valence-electron chi connectivity index (χ0n) is 18.7. The van der Waals surface area contributed by atoms with E-state index in [-0.39, 0.29) is 24.0 Å². The Kier molecular flexibility index (Phi) is 11.1. The Morgan fingerprint density at radius 2 is 1.93 bits per heavy atom. The minimum absolute atomic E-state index is 0. The predicted molar refractivity (Wildman–Crippen MR) is 135 cm³/mol. The number of aryl methyl sites for hydroxylation is 3. The first-order valence-electron chi connectivity index (χ1n) is 10.3. The molecule has 0 fully saturated rings. The number of nitrogens with one attached hydrogen (secondary N) is 2. The van der Waals surface area contributed by atoms with E-state index < -0.39 is 0 Å². The molecule has 2 N–H and O–H groups in total. The second kappa shape index (κ2) is 12.7. The number of halogens is 1. The standard InChI is InChI=1S/C22H36N6.HI/c1-7-23-22(24-13-12-21-18(4)26-27(6)19(21)5)25-14-15-28(8-2)20-11-9-10-17(3)16-20;/h9-11,16H,7-8,12-15H2,1-6H3,(H2,23,24,25);1H. The highest BCUT2D eigenvalue weighted by Crippen LogP contribution is 2.15. The van der Waals surface area contributed by atoms with Gasteiger partial charge in [0.15, 0.2) is 5.96 Å². The third-order valence-corrected chi connectivity index (χ3v) is 5.06. The van der Waals surface area contributed by atoms with Crippen molar-refractivity contribution < 1.29 is 0 Å². The van der Waals surface area contributed by atoms with E-state index in [1.807, 2.05) is 11.7 Å². The van der Waals surface area contributed by atoms with Gasteiger partial charge >= 0.3 is 0 Å². The van der Waals surface area contributed by atoms with E-state index in [1.54, 1.807) is 0 Å². The molecular weight excluding hydrogens is 475 g/mol. The third kappa shape index (κ3) is 7.53. The van der Waals surface area contributed by atoms with Gasteiger partial charge in [-0.25, -0.2) is 0 Å². The van der Waals surface area contributed by atoms with Crippen LogP contribution in [0.4, 0.5) is 5.69 Å². The lowest BCUT2D eigenvalue weighted by Crippen LogP contribution is -2.41. The minimum Gasteiger partial charge on any atom is -0.370 e. The summed E-state index contributed by atoms with van der Waals surface area (Å²) >= 11 is 0. The lowest BCUT2D eigenvalue weighted by atomic mass is 10.1. The highest BCUT2D eigenvalue weighted by atomic mass is 127. The average molecular weight is 512 g/mol. The Bertz CT molecular complexity index is 784. The highest BCUT2D eigenvalue weighted by molar-refractivity contribution is 14.0. The van der Waals surface area contributed by atoms with Crippen LogP contribution in [0.15, 0.2) is 29.3 Å². The Labute approximate surface area is 193 Å². The van der Waals surface area contributed by atoms with Crippen LogP contribution in [0.1, 0.15) is 36.4 Å². The molecule has 1 aromatic heterocycles. The lowest BCUT2D eigenvalue weighted by Gasteiger charge is -2.24. The fraction of sp³-hybridized carbons (Fsp3) is 0.545. The van der Waals surface area contributed by atoms with Gasteiger partial charge in [-0.05, 0) is 64.3 Å². The van der Waals surface area contributed by atoms with Gasteiger partial charge in [0, 0.05) is 51.2 Å². The molecule has 0 aliphatic rings. The third-order valence-electron chi connectivity index (χ3n) is 5.06. The van der Waals surface area contributed by atoms with Crippen molar-refractivity contribution in [3.05, 3.63) is 46.8 Å². The van der Waals surface area contributed by atoms with Crippen molar-refractivity contribution in [1.29, 1.82) is 0 Å². The number of likely N-dealkylation sites (N-methyl/N-ethyl adjacent to an activating group) is 1. The van der Waals surface area contributed by atoms with Gasteiger partial charge in [0.25, 0.3) is 0 Å². The predicted octanol–water partition coefficient (Wildman–Crippen LogP) is 3.59. The molecule has 0 aliphatic heterocycles. The maximum Gasteiger partial charge on any atom is 0.191 e. The molecule has 0 saturated heterocycles. The van der Waals surface area contributed by atoms with Crippen molar-refractivity contribution in [2.24, 2.45) is 12.0 Å². The van der Waals surface area contributed by atoms with Crippen molar-refractivity contribution in [2.75, 3.05) is 37.6 Å². The van der Waals surface area contributed by atoms with E-state index in [4.69, 9.17) is 4.99 Å². The van der Waals surface area contributed by atoms with Crippen molar-refractivity contribution >= 4 is 35.6 Å². The number of nitrogens with zero attached hydrogens (tertiary/aromatic N) is 4. The SMILES string of the molecule is CCNC(=NCCc1c(C)nn(C)c1C)NCCN(CC)c1cccc(C)c1.I. The summed E-state index contributed by atoms with van der Waals surface area (Å²) in [7, 11) is 1.99. The topological polar surface area (TPSA) is 57.5 Å². The second-order valence-corrected chi connectivity index (χ2v) is 7.13. The van der Waals surface area contributed by atoms with Crippen LogP contribution < -0.4 is 15.5 Å². The molecule has 0 saturated carbocycles. The van der Waals surface area contributed by atoms with Crippen LogP contribution in [0.5, 0.6) is 0 Å². The Morgan fingerprint density at radius 1 is 1.17 bits per heavy atom. The smallest absolute Gasteiger partial charge is 0.191 e. The van der Waals surface area contributed by atoms with Gasteiger partial charge in [-0.15, -0.1) is 24.0 Å². The first-order chi connectivity index (χ1) is 13.5. The lowest BCUT2D eigenvalue weighted by molar-refractivity contribution is 0.729. The first kappa shape index (κ1) is 25.3.